The van der Waals surface area contributed by atoms with E-state index >= 15 is 0 Å². The first-order valence-corrected chi connectivity index (χ1v) is 10.6. The molecule has 1 aliphatic heterocycles. The molecule has 1 fully saturated rings. The smallest absolute Gasteiger partial charge is 0.266 e. The van der Waals surface area contributed by atoms with Gasteiger partial charge in [-0.05, 0) is 36.3 Å². The van der Waals surface area contributed by atoms with Gasteiger partial charge in [-0.25, -0.2) is 0 Å². The van der Waals surface area contributed by atoms with Crippen LogP contribution in [0.4, 0.5) is 5.69 Å². The molecular weight excluding hydrogens is 416 g/mol. The number of amides is 2. The summed E-state index contributed by atoms with van der Waals surface area (Å²) in [5.74, 6) is -0.231. The molecule has 1 saturated heterocycles. The Bertz CT molecular complexity index is 1150. The second-order valence-corrected chi connectivity index (χ2v) is 8.33. The van der Waals surface area contributed by atoms with E-state index in [1.807, 2.05) is 42.5 Å². The van der Waals surface area contributed by atoms with Crippen molar-refractivity contribution in [3.63, 3.8) is 0 Å². The van der Waals surface area contributed by atoms with Gasteiger partial charge in [0, 0.05) is 31.0 Å². The Hall–Kier alpha value is -3.10. The molecule has 0 bridgehead atoms. The number of nitrogens with one attached hydrogen (secondary N) is 1. The lowest BCUT2D eigenvalue weighted by Crippen LogP contribution is -2.29. The van der Waals surface area contributed by atoms with Gasteiger partial charge in [0.05, 0.1) is 15.9 Å². The van der Waals surface area contributed by atoms with Crippen molar-refractivity contribution in [1.82, 2.24) is 14.9 Å². The lowest BCUT2D eigenvalue weighted by atomic mass is 10.2. The van der Waals surface area contributed by atoms with Crippen LogP contribution in [0.3, 0.4) is 0 Å². The summed E-state index contributed by atoms with van der Waals surface area (Å²) in [6.45, 7) is 0.410. The van der Waals surface area contributed by atoms with Crippen LogP contribution in [0.15, 0.2) is 65.8 Å². The summed E-state index contributed by atoms with van der Waals surface area (Å²) in [7, 11) is 0. The van der Waals surface area contributed by atoms with Gasteiger partial charge in [-0.2, -0.15) is 0 Å². The number of hydrogen-bond donors (Lipinski definition) is 1. The molecule has 6 nitrogen and oxygen atoms in total. The SMILES string of the molecule is O=C(CCCN1C(=O)C(=Cc2ccccc2)SC1=S)Nc1ccc2nccnc2c1. The van der Waals surface area contributed by atoms with Crippen LogP contribution in [-0.2, 0) is 9.59 Å². The van der Waals surface area contributed by atoms with Gasteiger partial charge < -0.3 is 5.32 Å². The molecule has 0 spiro atoms. The third-order valence-corrected chi connectivity index (χ3v) is 5.89. The molecule has 2 aromatic carbocycles. The number of thioether (sulfide) groups is 1. The van der Waals surface area contributed by atoms with Crippen molar-refractivity contribution in [1.29, 1.82) is 0 Å². The Morgan fingerprint density at radius 3 is 2.67 bits per heavy atom. The van der Waals surface area contributed by atoms with Crippen LogP contribution in [0.5, 0.6) is 0 Å². The van der Waals surface area contributed by atoms with Gasteiger partial charge in [0.15, 0.2) is 0 Å². The highest BCUT2D eigenvalue weighted by Gasteiger charge is 2.31. The van der Waals surface area contributed by atoms with Crippen molar-refractivity contribution in [2.75, 3.05) is 11.9 Å². The maximum Gasteiger partial charge on any atom is 0.266 e. The Labute approximate surface area is 183 Å². The van der Waals surface area contributed by atoms with Gasteiger partial charge >= 0.3 is 0 Å². The largest absolute Gasteiger partial charge is 0.326 e. The van der Waals surface area contributed by atoms with E-state index in [-0.39, 0.29) is 18.2 Å². The molecule has 150 valence electrons. The Balaban J connectivity index is 1.31. The van der Waals surface area contributed by atoms with E-state index in [4.69, 9.17) is 12.2 Å². The summed E-state index contributed by atoms with van der Waals surface area (Å²) in [5, 5.41) is 2.86. The highest BCUT2D eigenvalue weighted by atomic mass is 32.2. The zero-order valence-electron chi connectivity index (χ0n) is 15.9. The number of nitrogens with zero attached hydrogens (tertiary/aromatic N) is 3. The second kappa shape index (κ2) is 9.15. The average Bonchev–Trinajstić information content (AvgIpc) is 3.01. The summed E-state index contributed by atoms with van der Waals surface area (Å²) in [6.07, 6.45) is 5.89. The molecule has 1 aromatic heterocycles. The van der Waals surface area contributed by atoms with E-state index in [2.05, 4.69) is 15.3 Å². The van der Waals surface area contributed by atoms with E-state index in [1.54, 1.807) is 29.4 Å². The van der Waals surface area contributed by atoms with E-state index in [1.165, 1.54) is 11.8 Å². The summed E-state index contributed by atoms with van der Waals surface area (Å²) < 4.78 is 0.524. The number of rotatable bonds is 6. The molecule has 0 aliphatic carbocycles. The van der Waals surface area contributed by atoms with Crippen molar-refractivity contribution in [3.05, 3.63) is 71.4 Å². The summed E-state index contributed by atoms with van der Waals surface area (Å²) in [4.78, 5) is 35.6. The van der Waals surface area contributed by atoms with E-state index in [9.17, 15) is 9.59 Å². The quantitative estimate of drug-likeness (QED) is 0.462. The van der Waals surface area contributed by atoms with Crippen LogP contribution in [0.25, 0.3) is 17.1 Å². The molecule has 4 rings (SSSR count). The van der Waals surface area contributed by atoms with Gasteiger partial charge in [0.2, 0.25) is 5.91 Å². The molecular formula is C22H18N4O2S2. The molecule has 0 saturated carbocycles. The molecule has 3 aromatic rings. The fourth-order valence-corrected chi connectivity index (χ4v) is 4.36. The maximum absolute atomic E-state index is 12.6. The Morgan fingerprint density at radius 2 is 1.87 bits per heavy atom. The number of carbonyl (C=O) groups is 2. The Kier molecular flexibility index (Phi) is 6.15. The van der Waals surface area contributed by atoms with E-state index < -0.39 is 0 Å². The normalized spacial score (nSPS) is 15.2. The van der Waals surface area contributed by atoms with Crippen LogP contribution in [0, 0.1) is 0 Å². The summed E-state index contributed by atoms with van der Waals surface area (Å²) >= 11 is 6.65. The van der Waals surface area contributed by atoms with Crippen LogP contribution >= 0.6 is 24.0 Å². The number of aromatic nitrogens is 2. The average molecular weight is 435 g/mol. The number of thiocarbonyl (C=S) groups is 1. The van der Waals surface area contributed by atoms with Crippen LogP contribution in [0.2, 0.25) is 0 Å². The predicted octanol–water partition coefficient (Wildman–Crippen LogP) is 4.25. The predicted molar refractivity (Wildman–Crippen MR) is 124 cm³/mol. The van der Waals surface area contributed by atoms with E-state index in [0.29, 0.717) is 27.9 Å². The number of carbonyl (C=O) groups excluding carboxylic acids is 2. The van der Waals surface area contributed by atoms with Gasteiger partial charge in [-0.15, -0.1) is 0 Å². The first-order valence-electron chi connectivity index (χ1n) is 9.41. The first kappa shape index (κ1) is 20.2. The van der Waals surface area contributed by atoms with Gasteiger partial charge in [-0.3, -0.25) is 24.5 Å². The van der Waals surface area contributed by atoms with E-state index in [0.717, 1.165) is 16.6 Å². The fraction of sp³-hybridized carbons (Fsp3) is 0.136. The molecule has 0 radical (unpaired) electrons. The van der Waals surface area contributed by atoms with Crippen molar-refractivity contribution >= 4 is 62.9 Å². The third kappa shape index (κ3) is 4.72. The van der Waals surface area contributed by atoms with Crippen LogP contribution < -0.4 is 5.32 Å². The van der Waals surface area contributed by atoms with Gasteiger partial charge in [-0.1, -0.05) is 54.3 Å². The molecule has 0 unspecified atom stereocenters. The highest BCUT2D eigenvalue weighted by Crippen LogP contribution is 2.32. The molecule has 0 atom stereocenters. The number of hydrogen-bond acceptors (Lipinski definition) is 6. The van der Waals surface area contributed by atoms with Crippen LogP contribution in [0.1, 0.15) is 18.4 Å². The number of anilines is 1. The fourth-order valence-electron chi connectivity index (χ4n) is 3.06. The van der Waals surface area contributed by atoms with Crippen molar-refractivity contribution in [2.24, 2.45) is 0 Å². The van der Waals surface area contributed by atoms with Gasteiger partial charge in [0.1, 0.15) is 4.32 Å². The molecule has 1 N–H and O–H groups in total. The molecule has 8 heteroatoms. The number of fused-ring (bicyclic) bond motifs is 1. The minimum absolute atomic E-state index is 0.109. The van der Waals surface area contributed by atoms with Crippen molar-refractivity contribution < 1.29 is 9.59 Å². The maximum atomic E-state index is 12.6. The molecule has 1 aliphatic rings. The number of benzene rings is 2. The zero-order chi connectivity index (χ0) is 20.9. The highest BCUT2D eigenvalue weighted by molar-refractivity contribution is 8.26. The first-order chi connectivity index (χ1) is 14.6. The van der Waals surface area contributed by atoms with Crippen molar-refractivity contribution in [3.8, 4) is 0 Å². The lowest BCUT2D eigenvalue weighted by Gasteiger charge is -2.14. The summed E-state index contributed by atoms with van der Waals surface area (Å²) in [6, 6.07) is 15.1. The minimum atomic E-state index is -0.122. The monoisotopic (exact) mass is 434 g/mol. The minimum Gasteiger partial charge on any atom is -0.326 e. The Morgan fingerprint density at radius 1 is 1.10 bits per heavy atom. The molecule has 2 amide bonds. The summed E-state index contributed by atoms with van der Waals surface area (Å²) in [5.41, 5.74) is 3.12. The second-order valence-electron chi connectivity index (χ2n) is 6.66. The lowest BCUT2D eigenvalue weighted by molar-refractivity contribution is -0.122. The zero-order valence-corrected chi connectivity index (χ0v) is 17.6. The van der Waals surface area contributed by atoms with Crippen LogP contribution in [-0.4, -0.2) is 37.5 Å². The third-order valence-electron chi connectivity index (χ3n) is 4.51. The molecule has 2 heterocycles. The molecule has 30 heavy (non-hydrogen) atoms. The topological polar surface area (TPSA) is 75.2 Å². The standard InChI is InChI=1S/C22H18N4O2S2/c27-20(25-16-8-9-17-18(14-16)24-11-10-23-17)7-4-12-26-21(28)19(30-22(26)29)13-15-5-2-1-3-6-15/h1-3,5-6,8-11,13-14H,4,7,12H2,(H,25,27). The van der Waals surface area contributed by atoms with Gasteiger partial charge in [0.25, 0.3) is 5.91 Å². The van der Waals surface area contributed by atoms with Crippen molar-refractivity contribution in [2.45, 2.75) is 12.8 Å².